The summed E-state index contributed by atoms with van der Waals surface area (Å²) in [6, 6.07) is 25.7. The Morgan fingerprint density at radius 2 is 1.52 bits per heavy atom. The zero-order chi connectivity index (χ0) is 18.8. The predicted octanol–water partition coefficient (Wildman–Crippen LogP) is 4.65. The number of ether oxygens (including phenoxy) is 1. The van der Waals surface area contributed by atoms with Crippen molar-refractivity contribution in [2.45, 2.75) is 0 Å². The van der Waals surface area contributed by atoms with Gasteiger partial charge >= 0.3 is 5.97 Å². The fourth-order valence-corrected chi connectivity index (χ4v) is 3.24. The zero-order valence-electron chi connectivity index (χ0n) is 14.8. The van der Waals surface area contributed by atoms with Crippen LogP contribution in [0.1, 0.15) is 10.4 Å². The van der Waals surface area contributed by atoms with Gasteiger partial charge in [-0.2, -0.15) is 0 Å². The first-order chi connectivity index (χ1) is 13.2. The number of ketones is 1. The number of hydrogen-bond donors (Lipinski definition) is 0. The van der Waals surface area contributed by atoms with Crippen LogP contribution in [0.2, 0.25) is 0 Å². The lowest BCUT2D eigenvalue weighted by Gasteiger charge is -2.08. The highest BCUT2D eigenvalue weighted by Crippen LogP contribution is 2.28. The van der Waals surface area contributed by atoms with Gasteiger partial charge in [-0.15, -0.1) is 0 Å². The van der Waals surface area contributed by atoms with Gasteiger partial charge in [0.1, 0.15) is 0 Å². The molecule has 0 spiro atoms. The first-order valence-electron chi connectivity index (χ1n) is 8.57. The Morgan fingerprint density at radius 3 is 2.30 bits per heavy atom. The van der Waals surface area contributed by atoms with Gasteiger partial charge in [0.25, 0.3) is 5.78 Å². The summed E-state index contributed by atoms with van der Waals surface area (Å²) in [5.41, 5.74) is 4.29. The molecule has 4 heteroatoms. The van der Waals surface area contributed by atoms with E-state index in [1.165, 1.54) is 7.11 Å². The summed E-state index contributed by atoms with van der Waals surface area (Å²) in [6.07, 6.45) is 1.70. The molecular weight excluding hydrogens is 338 g/mol. The van der Waals surface area contributed by atoms with E-state index in [9.17, 15) is 9.59 Å². The van der Waals surface area contributed by atoms with Crippen LogP contribution in [0.15, 0.2) is 85.1 Å². The Morgan fingerprint density at radius 1 is 0.815 bits per heavy atom. The second-order valence-electron chi connectivity index (χ2n) is 6.17. The van der Waals surface area contributed by atoms with E-state index in [0.717, 1.165) is 27.7 Å². The van der Waals surface area contributed by atoms with Crippen molar-refractivity contribution in [2.75, 3.05) is 7.11 Å². The maximum Gasteiger partial charge on any atom is 0.379 e. The molecule has 0 atom stereocenters. The maximum atomic E-state index is 12.4. The summed E-state index contributed by atoms with van der Waals surface area (Å²) in [5.74, 6) is -1.51. The highest BCUT2D eigenvalue weighted by atomic mass is 16.5. The minimum Gasteiger partial charge on any atom is -0.463 e. The van der Waals surface area contributed by atoms with Gasteiger partial charge in [-0.25, -0.2) is 4.79 Å². The lowest BCUT2D eigenvalue weighted by atomic mass is 10.1. The van der Waals surface area contributed by atoms with Crippen LogP contribution in [0.3, 0.4) is 0 Å². The summed E-state index contributed by atoms with van der Waals surface area (Å²) >= 11 is 0. The van der Waals surface area contributed by atoms with Crippen molar-refractivity contribution in [3.05, 3.63) is 90.6 Å². The van der Waals surface area contributed by atoms with Gasteiger partial charge < -0.3 is 9.30 Å². The Balaban J connectivity index is 1.88. The molecule has 4 aromatic rings. The summed E-state index contributed by atoms with van der Waals surface area (Å²) in [6.45, 7) is 0. The number of carbonyl (C=O) groups excluding carboxylic acids is 2. The van der Waals surface area contributed by atoms with Crippen LogP contribution in [-0.2, 0) is 9.53 Å². The van der Waals surface area contributed by atoms with E-state index < -0.39 is 11.8 Å². The van der Waals surface area contributed by atoms with E-state index in [2.05, 4.69) is 22.9 Å². The average molecular weight is 355 g/mol. The molecule has 0 bridgehead atoms. The predicted molar refractivity (Wildman–Crippen MR) is 105 cm³/mol. The van der Waals surface area contributed by atoms with Crippen LogP contribution in [0.25, 0.3) is 27.7 Å². The Bertz CT molecular complexity index is 1140. The molecule has 1 heterocycles. The quantitative estimate of drug-likeness (QED) is 0.304. The van der Waals surface area contributed by atoms with Crippen molar-refractivity contribution in [3.63, 3.8) is 0 Å². The lowest BCUT2D eigenvalue weighted by Crippen LogP contribution is -2.15. The molecule has 4 nitrogen and oxygen atoms in total. The maximum absolute atomic E-state index is 12.4. The summed E-state index contributed by atoms with van der Waals surface area (Å²) in [4.78, 5) is 24.2. The van der Waals surface area contributed by atoms with Gasteiger partial charge in [-0.05, 0) is 29.3 Å². The number of Topliss-reactive ketones (excluding diaryl/α,β-unsaturated/α-hetero) is 1. The molecule has 132 valence electrons. The lowest BCUT2D eigenvalue weighted by molar-refractivity contribution is -0.135. The Labute approximate surface area is 156 Å². The van der Waals surface area contributed by atoms with Gasteiger partial charge in [0, 0.05) is 17.3 Å². The number of carbonyl (C=O) groups is 2. The minimum absolute atomic E-state index is 0.336. The topological polar surface area (TPSA) is 48.3 Å². The molecule has 0 unspecified atom stereocenters. The molecule has 0 aliphatic rings. The molecule has 0 saturated carbocycles. The number of hydrogen-bond acceptors (Lipinski definition) is 3. The van der Waals surface area contributed by atoms with Crippen LogP contribution >= 0.6 is 0 Å². The van der Waals surface area contributed by atoms with E-state index in [1.807, 2.05) is 65.2 Å². The van der Waals surface area contributed by atoms with Crippen LogP contribution in [0.4, 0.5) is 0 Å². The van der Waals surface area contributed by atoms with E-state index >= 15 is 0 Å². The normalized spacial score (nSPS) is 10.7. The number of rotatable bonds is 4. The van der Waals surface area contributed by atoms with Crippen molar-refractivity contribution < 1.29 is 14.3 Å². The van der Waals surface area contributed by atoms with Crippen molar-refractivity contribution in [3.8, 4) is 16.8 Å². The fraction of sp³-hybridized carbons (Fsp3) is 0.0435. The van der Waals surface area contributed by atoms with Crippen LogP contribution in [0.5, 0.6) is 0 Å². The molecule has 3 aromatic carbocycles. The molecule has 4 rings (SSSR count). The van der Waals surface area contributed by atoms with Crippen molar-refractivity contribution in [1.29, 1.82) is 0 Å². The molecule has 0 aliphatic heterocycles. The van der Waals surface area contributed by atoms with Crippen molar-refractivity contribution in [2.24, 2.45) is 0 Å². The molecule has 0 aliphatic carbocycles. The van der Waals surface area contributed by atoms with Crippen LogP contribution in [-0.4, -0.2) is 23.4 Å². The number of methoxy groups -OCH3 is 1. The smallest absolute Gasteiger partial charge is 0.379 e. The van der Waals surface area contributed by atoms with Crippen LogP contribution in [0, 0.1) is 0 Å². The molecule has 27 heavy (non-hydrogen) atoms. The second kappa shape index (κ2) is 6.92. The molecule has 1 aromatic heterocycles. The third-order valence-electron chi connectivity index (χ3n) is 4.56. The summed E-state index contributed by atoms with van der Waals surface area (Å²) in [5, 5.41) is 0.720. The fourth-order valence-electron chi connectivity index (χ4n) is 3.24. The number of aromatic nitrogens is 1. The first-order valence-corrected chi connectivity index (χ1v) is 8.57. The second-order valence-corrected chi connectivity index (χ2v) is 6.17. The minimum atomic E-state index is -0.865. The van der Waals surface area contributed by atoms with Gasteiger partial charge in [0.2, 0.25) is 0 Å². The van der Waals surface area contributed by atoms with Crippen LogP contribution < -0.4 is 0 Å². The number of nitrogens with zero attached hydrogens (tertiary/aromatic N) is 1. The summed E-state index contributed by atoms with van der Waals surface area (Å²) < 4.78 is 6.54. The van der Waals surface area contributed by atoms with Gasteiger partial charge in [0.15, 0.2) is 0 Å². The molecule has 0 fully saturated rings. The van der Waals surface area contributed by atoms with E-state index in [-0.39, 0.29) is 0 Å². The van der Waals surface area contributed by atoms with Gasteiger partial charge in [-0.1, -0.05) is 60.7 Å². The number of fused-ring (bicyclic) bond motifs is 1. The molecule has 0 radical (unpaired) electrons. The molecular formula is C23H17NO3. The van der Waals surface area contributed by atoms with E-state index in [0.29, 0.717) is 5.56 Å². The zero-order valence-corrected chi connectivity index (χ0v) is 14.8. The average Bonchev–Trinajstić information content (AvgIpc) is 3.13. The standard InChI is InChI=1S/C23H17NO3/c1-27-23(26)22(25)20-15-24(21-13-6-5-12-19(20)21)18-11-7-10-17(14-18)16-8-3-2-4-9-16/h2-15H,1H3. The van der Waals surface area contributed by atoms with Crippen molar-refractivity contribution in [1.82, 2.24) is 4.57 Å². The highest BCUT2D eigenvalue weighted by Gasteiger charge is 2.22. The summed E-state index contributed by atoms with van der Waals surface area (Å²) in [7, 11) is 1.21. The molecule has 0 amide bonds. The van der Waals surface area contributed by atoms with Gasteiger partial charge in [0.05, 0.1) is 18.2 Å². The third kappa shape index (κ3) is 3.02. The molecule has 0 N–H and O–H groups in total. The number of esters is 1. The largest absolute Gasteiger partial charge is 0.463 e. The Kier molecular flexibility index (Phi) is 4.30. The van der Waals surface area contributed by atoms with Gasteiger partial charge in [-0.3, -0.25) is 4.79 Å². The first kappa shape index (κ1) is 16.8. The SMILES string of the molecule is COC(=O)C(=O)c1cn(-c2cccc(-c3ccccc3)c2)c2ccccc12. The number of para-hydroxylation sites is 1. The number of benzene rings is 3. The van der Waals surface area contributed by atoms with E-state index in [4.69, 9.17) is 0 Å². The molecule has 0 saturated heterocycles. The van der Waals surface area contributed by atoms with Crippen molar-refractivity contribution >= 4 is 22.7 Å². The Hall–Kier alpha value is -3.66. The third-order valence-corrected chi connectivity index (χ3v) is 4.56. The van der Waals surface area contributed by atoms with E-state index in [1.54, 1.807) is 6.20 Å². The monoisotopic (exact) mass is 355 g/mol. The highest BCUT2D eigenvalue weighted by molar-refractivity contribution is 6.43.